The van der Waals surface area contributed by atoms with Gasteiger partial charge in [0.2, 0.25) is 0 Å². The Bertz CT molecular complexity index is 1090. The number of thiophene rings is 1. The topological polar surface area (TPSA) is 48.7 Å². The van der Waals surface area contributed by atoms with Gasteiger partial charge in [0.25, 0.3) is 0 Å². The van der Waals surface area contributed by atoms with E-state index in [0.717, 1.165) is 21.6 Å². The van der Waals surface area contributed by atoms with Crippen molar-refractivity contribution >= 4 is 32.9 Å². The molecule has 4 heteroatoms. The van der Waals surface area contributed by atoms with Crippen LogP contribution in [0, 0.1) is 18.3 Å². The fourth-order valence-electron chi connectivity index (χ4n) is 2.91. The van der Waals surface area contributed by atoms with Crippen molar-refractivity contribution in [3.63, 3.8) is 0 Å². The molecule has 4 rings (SSSR count). The summed E-state index contributed by atoms with van der Waals surface area (Å²) in [6.07, 6.45) is 1.62. The number of nitriles is 1. The number of hydrogen-bond acceptors (Lipinski definition) is 4. The van der Waals surface area contributed by atoms with Crippen LogP contribution in [0.25, 0.3) is 21.3 Å². The maximum absolute atomic E-state index is 9.01. The normalized spacial score (nSPS) is 10.6. The number of pyridine rings is 1. The van der Waals surface area contributed by atoms with Crippen molar-refractivity contribution in [2.75, 3.05) is 5.32 Å². The van der Waals surface area contributed by atoms with E-state index in [2.05, 4.69) is 65.8 Å². The van der Waals surface area contributed by atoms with Gasteiger partial charge in [-0.3, -0.25) is 4.98 Å². The maximum atomic E-state index is 9.01. The monoisotopic (exact) mass is 341 g/mol. The second kappa shape index (κ2) is 6.39. The van der Waals surface area contributed by atoms with Gasteiger partial charge in [-0.1, -0.05) is 42.5 Å². The van der Waals surface area contributed by atoms with Crippen LogP contribution in [0.5, 0.6) is 0 Å². The van der Waals surface area contributed by atoms with E-state index in [-0.39, 0.29) is 0 Å². The van der Waals surface area contributed by atoms with Gasteiger partial charge < -0.3 is 5.32 Å². The van der Waals surface area contributed by atoms with E-state index in [1.807, 2.05) is 17.5 Å². The zero-order chi connectivity index (χ0) is 17.2. The molecule has 0 aliphatic carbocycles. The van der Waals surface area contributed by atoms with E-state index in [0.29, 0.717) is 5.56 Å². The highest BCUT2D eigenvalue weighted by atomic mass is 32.1. The Hall–Kier alpha value is -3.16. The number of hydrogen-bond donors (Lipinski definition) is 1. The van der Waals surface area contributed by atoms with Crippen LogP contribution >= 0.6 is 11.3 Å². The lowest BCUT2D eigenvalue weighted by Crippen LogP contribution is -1.95. The highest BCUT2D eigenvalue weighted by Gasteiger charge is 2.10. The third-order valence-corrected chi connectivity index (χ3v) is 5.15. The number of anilines is 2. The van der Waals surface area contributed by atoms with Gasteiger partial charge in [-0.2, -0.15) is 5.26 Å². The zero-order valence-corrected chi connectivity index (χ0v) is 14.5. The van der Waals surface area contributed by atoms with Crippen molar-refractivity contribution in [2.45, 2.75) is 6.92 Å². The van der Waals surface area contributed by atoms with E-state index >= 15 is 0 Å². The lowest BCUT2D eigenvalue weighted by molar-refractivity contribution is 1.37. The molecular formula is C21H15N3S. The second-order valence-electron chi connectivity index (χ2n) is 5.80. The molecule has 0 saturated heterocycles. The molecule has 2 heterocycles. The Morgan fingerprint density at radius 1 is 1.04 bits per heavy atom. The fraction of sp³-hybridized carbons (Fsp3) is 0.0476. The Morgan fingerprint density at radius 2 is 1.88 bits per heavy atom. The molecule has 25 heavy (non-hydrogen) atoms. The molecule has 2 aromatic heterocycles. The molecule has 0 amide bonds. The van der Waals surface area contributed by atoms with Gasteiger partial charge >= 0.3 is 0 Å². The van der Waals surface area contributed by atoms with Crippen LogP contribution in [0.1, 0.15) is 11.1 Å². The number of rotatable bonds is 3. The molecule has 0 aliphatic heterocycles. The summed E-state index contributed by atoms with van der Waals surface area (Å²) in [6.45, 7) is 2.13. The van der Waals surface area contributed by atoms with Crippen molar-refractivity contribution in [3.8, 4) is 17.2 Å². The Balaban J connectivity index is 1.74. The van der Waals surface area contributed by atoms with Crippen molar-refractivity contribution in [3.05, 3.63) is 77.3 Å². The van der Waals surface area contributed by atoms with Crippen LogP contribution < -0.4 is 5.32 Å². The molecule has 120 valence electrons. The summed E-state index contributed by atoms with van der Waals surface area (Å²) < 4.78 is 1.01. The molecule has 3 nitrogen and oxygen atoms in total. The first-order valence-electron chi connectivity index (χ1n) is 7.95. The standard InChI is InChI=1S/C21H15N3S/c1-14-17(16-6-3-2-4-7-16)8-5-9-18(14)24-19-13-25-20-10-15(11-22)12-23-21(19)20/h2-10,12-13,24H,1H3. The fourth-order valence-corrected chi connectivity index (χ4v) is 3.80. The molecule has 4 aromatic rings. The summed E-state index contributed by atoms with van der Waals surface area (Å²) >= 11 is 1.59. The van der Waals surface area contributed by atoms with E-state index in [9.17, 15) is 0 Å². The van der Waals surface area contributed by atoms with E-state index < -0.39 is 0 Å². The zero-order valence-electron chi connectivity index (χ0n) is 13.7. The highest BCUT2D eigenvalue weighted by Crippen LogP contribution is 2.34. The number of fused-ring (bicyclic) bond motifs is 1. The molecular weight excluding hydrogens is 326 g/mol. The van der Waals surface area contributed by atoms with Gasteiger partial charge in [-0.05, 0) is 35.7 Å². The largest absolute Gasteiger partial charge is 0.353 e. The maximum Gasteiger partial charge on any atom is 0.105 e. The van der Waals surface area contributed by atoms with Crippen molar-refractivity contribution in [2.24, 2.45) is 0 Å². The van der Waals surface area contributed by atoms with Crippen molar-refractivity contribution < 1.29 is 0 Å². The van der Waals surface area contributed by atoms with E-state index in [1.165, 1.54) is 16.7 Å². The molecule has 0 fully saturated rings. The van der Waals surface area contributed by atoms with Gasteiger partial charge in [-0.25, -0.2) is 0 Å². The highest BCUT2D eigenvalue weighted by molar-refractivity contribution is 7.17. The lowest BCUT2D eigenvalue weighted by atomic mass is 9.99. The number of nitrogens with zero attached hydrogens (tertiary/aromatic N) is 2. The molecule has 0 radical (unpaired) electrons. The first-order chi connectivity index (χ1) is 12.3. The van der Waals surface area contributed by atoms with E-state index in [4.69, 9.17) is 5.26 Å². The molecule has 0 bridgehead atoms. The van der Waals surface area contributed by atoms with Crippen LogP contribution in [-0.2, 0) is 0 Å². The Kier molecular flexibility index (Phi) is 3.93. The minimum absolute atomic E-state index is 0.586. The summed E-state index contributed by atoms with van der Waals surface area (Å²) in [5.41, 5.74) is 7.13. The smallest absolute Gasteiger partial charge is 0.105 e. The summed E-state index contributed by atoms with van der Waals surface area (Å²) in [4.78, 5) is 4.44. The Morgan fingerprint density at radius 3 is 2.68 bits per heavy atom. The average Bonchev–Trinajstić information content (AvgIpc) is 3.06. The van der Waals surface area contributed by atoms with Gasteiger partial charge in [0.05, 0.1) is 16.0 Å². The molecule has 1 N–H and O–H groups in total. The minimum Gasteiger partial charge on any atom is -0.353 e. The summed E-state index contributed by atoms with van der Waals surface area (Å²) in [7, 11) is 0. The third-order valence-electron chi connectivity index (χ3n) is 4.23. The van der Waals surface area contributed by atoms with Gasteiger partial charge in [-0.15, -0.1) is 11.3 Å². The summed E-state index contributed by atoms with van der Waals surface area (Å²) in [5.74, 6) is 0. The molecule has 0 saturated carbocycles. The first-order valence-corrected chi connectivity index (χ1v) is 8.83. The second-order valence-corrected chi connectivity index (χ2v) is 6.71. The SMILES string of the molecule is Cc1c(Nc2csc3cc(C#N)cnc23)cccc1-c1ccccc1. The summed E-state index contributed by atoms with van der Waals surface area (Å²) in [6, 6.07) is 20.7. The van der Waals surface area contributed by atoms with Gasteiger partial charge in [0.15, 0.2) is 0 Å². The third kappa shape index (κ3) is 2.86. The van der Waals surface area contributed by atoms with Crippen LogP contribution in [-0.4, -0.2) is 4.98 Å². The molecule has 0 unspecified atom stereocenters. The number of benzene rings is 2. The van der Waals surface area contributed by atoms with Crippen molar-refractivity contribution in [1.29, 1.82) is 5.26 Å². The molecule has 2 aromatic carbocycles. The molecule has 0 aliphatic rings. The van der Waals surface area contributed by atoms with Gasteiger partial charge in [0, 0.05) is 17.3 Å². The molecule has 0 spiro atoms. The Labute approximate surface area is 150 Å². The van der Waals surface area contributed by atoms with Gasteiger partial charge in [0.1, 0.15) is 11.6 Å². The quantitative estimate of drug-likeness (QED) is 0.505. The van der Waals surface area contributed by atoms with Crippen LogP contribution in [0.15, 0.2) is 66.2 Å². The average molecular weight is 341 g/mol. The minimum atomic E-state index is 0.586. The summed E-state index contributed by atoms with van der Waals surface area (Å²) in [5, 5.41) is 14.6. The van der Waals surface area contributed by atoms with Crippen LogP contribution in [0.3, 0.4) is 0 Å². The lowest BCUT2D eigenvalue weighted by Gasteiger charge is -2.13. The van der Waals surface area contributed by atoms with E-state index in [1.54, 1.807) is 17.5 Å². The van der Waals surface area contributed by atoms with Crippen molar-refractivity contribution in [1.82, 2.24) is 4.98 Å². The number of aromatic nitrogens is 1. The molecule has 0 atom stereocenters. The predicted molar refractivity (Wildman–Crippen MR) is 104 cm³/mol. The van der Waals surface area contributed by atoms with Crippen LogP contribution in [0.2, 0.25) is 0 Å². The predicted octanol–water partition coefficient (Wildman–Crippen LogP) is 5.89. The first kappa shape index (κ1) is 15.4. The van der Waals surface area contributed by atoms with Crippen LogP contribution in [0.4, 0.5) is 11.4 Å². The number of nitrogens with one attached hydrogen (secondary N) is 1.